The number of hydrazine groups is 1. The summed E-state index contributed by atoms with van der Waals surface area (Å²) in [5.41, 5.74) is 4.57. The van der Waals surface area contributed by atoms with Gasteiger partial charge >= 0.3 is 0 Å². The average Bonchev–Trinajstić information content (AvgIpc) is 2.45. The van der Waals surface area contributed by atoms with Crippen molar-refractivity contribution >= 4 is 23.2 Å². The number of guanidine groups is 1. The van der Waals surface area contributed by atoms with Crippen LogP contribution < -0.4 is 11.3 Å². The lowest BCUT2D eigenvalue weighted by Gasteiger charge is -2.20. The molecule has 104 valence electrons. The smallest absolute Gasteiger partial charge is 0.213 e. The predicted molar refractivity (Wildman–Crippen MR) is 83.8 cm³/mol. The van der Waals surface area contributed by atoms with Gasteiger partial charge in [-0.3, -0.25) is 5.43 Å². The minimum Gasteiger partial charge on any atom is -0.340 e. The van der Waals surface area contributed by atoms with E-state index in [4.69, 9.17) is 17.4 Å². The Kier molecular flexibility index (Phi) is 4.98. The summed E-state index contributed by atoms with van der Waals surface area (Å²) in [5.74, 6) is 6.15. The molecule has 0 radical (unpaired) electrons. The van der Waals surface area contributed by atoms with Crippen molar-refractivity contribution in [3.8, 4) is 0 Å². The zero-order chi connectivity index (χ0) is 14.4. The predicted octanol–water partition coefficient (Wildman–Crippen LogP) is 2.92. The summed E-state index contributed by atoms with van der Waals surface area (Å²) in [6.45, 7) is 0.663. The van der Waals surface area contributed by atoms with Crippen LogP contribution in [0.4, 0.5) is 5.69 Å². The molecule has 4 nitrogen and oxygen atoms in total. The molecule has 0 saturated heterocycles. The van der Waals surface area contributed by atoms with Crippen LogP contribution in [0.2, 0.25) is 5.02 Å². The number of para-hydroxylation sites is 1. The van der Waals surface area contributed by atoms with E-state index in [0.717, 1.165) is 16.3 Å². The first-order chi connectivity index (χ1) is 9.69. The van der Waals surface area contributed by atoms with Crippen LogP contribution in [0.3, 0.4) is 0 Å². The fourth-order valence-corrected chi connectivity index (χ4v) is 2.05. The monoisotopic (exact) mass is 288 g/mol. The highest BCUT2D eigenvalue weighted by atomic mass is 35.5. The maximum Gasteiger partial charge on any atom is 0.213 e. The molecule has 0 aromatic heterocycles. The molecule has 0 saturated carbocycles. The quantitative estimate of drug-likeness (QED) is 0.395. The molecule has 0 aliphatic rings. The first-order valence-corrected chi connectivity index (χ1v) is 6.63. The van der Waals surface area contributed by atoms with E-state index in [9.17, 15) is 0 Å². The maximum atomic E-state index is 5.98. The van der Waals surface area contributed by atoms with Crippen LogP contribution >= 0.6 is 11.6 Å². The number of nitrogens with two attached hydrogens (primary N) is 1. The topological polar surface area (TPSA) is 53.6 Å². The Balaban J connectivity index is 2.13. The number of nitrogens with one attached hydrogen (secondary N) is 1. The van der Waals surface area contributed by atoms with Crippen molar-refractivity contribution in [2.75, 3.05) is 7.05 Å². The zero-order valence-electron chi connectivity index (χ0n) is 11.3. The van der Waals surface area contributed by atoms with Gasteiger partial charge in [-0.1, -0.05) is 41.9 Å². The zero-order valence-corrected chi connectivity index (χ0v) is 12.0. The summed E-state index contributed by atoms with van der Waals surface area (Å²) in [7, 11) is 1.92. The highest BCUT2D eigenvalue weighted by Crippen LogP contribution is 2.14. The third kappa shape index (κ3) is 3.98. The van der Waals surface area contributed by atoms with Gasteiger partial charge in [0.2, 0.25) is 5.96 Å². The highest BCUT2D eigenvalue weighted by molar-refractivity contribution is 6.30. The number of hydrogen-bond donors (Lipinski definition) is 2. The number of nitrogens with zero attached hydrogens (tertiary/aromatic N) is 2. The molecule has 0 amide bonds. The first kappa shape index (κ1) is 14.4. The van der Waals surface area contributed by atoms with E-state index in [1.165, 1.54) is 0 Å². The summed E-state index contributed by atoms with van der Waals surface area (Å²) in [6.07, 6.45) is 0. The molecule has 20 heavy (non-hydrogen) atoms. The molecule has 0 aliphatic carbocycles. The minimum absolute atomic E-state index is 0.594. The van der Waals surface area contributed by atoms with Crippen molar-refractivity contribution in [2.24, 2.45) is 10.8 Å². The van der Waals surface area contributed by atoms with E-state index in [0.29, 0.717) is 12.5 Å². The van der Waals surface area contributed by atoms with Gasteiger partial charge in [0.05, 0.1) is 5.69 Å². The van der Waals surface area contributed by atoms with Gasteiger partial charge < -0.3 is 4.90 Å². The molecule has 0 spiro atoms. The van der Waals surface area contributed by atoms with Crippen LogP contribution in [0.5, 0.6) is 0 Å². The lowest BCUT2D eigenvalue weighted by Crippen LogP contribution is -2.42. The van der Waals surface area contributed by atoms with E-state index in [1.807, 2.05) is 66.5 Å². The summed E-state index contributed by atoms with van der Waals surface area (Å²) in [5, 5.41) is 0.721. The third-order valence-electron chi connectivity index (χ3n) is 2.79. The van der Waals surface area contributed by atoms with Gasteiger partial charge in [-0.2, -0.15) is 0 Å². The number of rotatable bonds is 3. The Labute approximate surface area is 123 Å². The van der Waals surface area contributed by atoms with E-state index in [1.54, 1.807) is 0 Å². The third-order valence-corrected chi connectivity index (χ3v) is 3.03. The van der Waals surface area contributed by atoms with Crippen molar-refractivity contribution < 1.29 is 0 Å². The highest BCUT2D eigenvalue weighted by Gasteiger charge is 2.06. The Morgan fingerprint density at radius 3 is 2.60 bits per heavy atom. The van der Waals surface area contributed by atoms with Crippen molar-refractivity contribution in [3.05, 3.63) is 65.2 Å². The molecule has 0 bridgehead atoms. The largest absolute Gasteiger partial charge is 0.340 e. The maximum absolute atomic E-state index is 5.98. The number of aliphatic imine (C=N–C) groups is 1. The van der Waals surface area contributed by atoms with Gasteiger partial charge in [0.1, 0.15) is 0 Å². The second-order valence-electron chi connectivity index (χ2n) is 4.40. The standard InChI is InChI=1S/C15H17ClN4/c1-20(11-12-6-5-7-13(16)10-12)15(19-17)18-14-8-3-2-4-9-14/h2-10H,11,17H2,1H3,(H,18,19). The van der Waals surface area contributed by atoms with E-state index < -0.39 is 0 Å². The van der Waals surface area contributed by atoms with Crippen LogP contribution in [0.15, 0.2) is 59.6 Å². The van der Waals surface area contributed by atoms with Gasteiger partial charge in [0, 0.05) is 18.6 Å². The van der Waals surface area contributed by atoms with Crippen LogP contribution in [-0.4, -0.2) is 17.9 Å². The summed E-state index contributed by atoms with van der Waals surface area (Å²) < 4.78 is 0. The lowest BCUT2D eigenvalue weighted by atomic mass is 10.2. The molecule has 3 N–H and O–H groups in total. The van der Waals surface area contributed by atoms with Gasteiger partial charge in [0.25, 0.3) is 0 Å². The van der Waals surface area contributed by atoms with Crippen LogP contribution in [-0.2, 0) is 6.54 Å². The molecule has 0 atom stereocenters. The van der Waals surface area contributed by atoms with E-state index in [-0.39, 0.29) is 0 Å². The van der Waals surface area contributed by atoms with Crippen molar-refractivity contribution in [1.82, 2.24) is 10.3 Å². The van der Waals surface area contributed by atoms with Crippen LogP contribution in [0.1, 0.15) is 5.56 Å². The summed E-state index contributed by atoms with van der Waals surface area (Å²) in [4.78, 5) is 6.40. The number of benzene rings is 2. The molecule has 0 unspecified atom stereocenters. The Morgan fingerprint density at radius 2 is 1.95 bits per heavy atom. The molecule has 0 fully saturated rings. The number of hydrogen-bond acceptors (Lipinski definition) is 2. The second kappa shape index (κ2) is 6.93. The Morgan fingerprint density at radius 1 is 1.20 bits per heavy atom. The minimum atomic E-state index is 0.594. The average molecular weight is 289 g/mol. The van der Waals surface area contributed by atoms with Crippen molar-refractivity contribution in [1.29, 1.82) is 0 Å². The lowest BCUT2D eigenvalue weighted by molar-refractivity contribution is 0.480. The van der Waals surface area contributed by atoms with Crippen molar-refractivity contribution in [3.63, 3.8) is 0 Å². The Bertz CT molecular complexity index is 583. The van der Waals surface area contributed by atoms with Crippen molar-refractivity contribution in [2.45, 2.75) is 6.54 Å². The second-order valence-corrected chi connectivity index (χ2v) is 4.84. The van der Waals surface area contributed by atoms with E-state index in [2.05, 4.69) is 10.4 Å². The van der Waals surface area contributed by atoms with Gasteiger partial charge in [-0.05, 0) is 29.8 Å². The van der Waals surface area contributed by atoms with E-state index >= 15 is 0 Å². The SMILES string of the molecule is CN(Cc1cccc(Cl)c1)C(=Nc1ccccc1)NN. The Hall–Kier alpha value is -2.04. The molecule has 5 heteroatoms. The van der Waals surface area contributed by atoms with Gasteiger partial charge in [-0.15, -0.1) is 0 Å². The fourth-order valence-electron chi connectivity index (χ4n) is 1.84. The van der Waals surface area contributed by atoms with Gasteiger partial charge in [-0.25, -0.2) is 10.8 Å². The number of halogens is 1. The van der Waals surface area contributed by atoms with Crippen LogP contribution in [0.25, 0.3) is 0 Å². The molecule has 0 heterocycles. The van der Waals surface area contributed by atoms with Crippen LogP contribution in [0, 0.1) is 0 Å². The molecular weight excluding hydrogens is 272 g/mol. The molecule has 2 rings (SSSR count). The summed E-state index contributed by atoms with van der Waals surface area (Å²) >= 11 is 5.98. The first-order valence-electron chi connectivity index (χ1n) is 6.25. The summed E-state index contributed by atoms with van der Waals surface area (Å²) in [6, 6.07) is 17.4. The molecule has 2 aromatic rings. The molecule has 0 aliphatic heterocycles. The van der Waals surface area contributed by atoms with Gasteiger partial charge in [0.15, 0.2) is 0 Å². The normalized spacial score (nSPS) is 11.2. The molecular formula is C15H17ClN4. The fraction of sp³-hybridized carbons (Fsp3) is 0.133. The molecule has 2 aromatic carbocycles.